The first-order valence-corrected chi connectivity index (χ1v) is 29.9. The van der Waals surface area contributed by atoms with Crippen molar-refractivity contribution in [2.24, 2.45) is 0 Å². The summed E-state index contributed by atoms with van der Waals surface area (Å²) < 4.78 is 2.79. The molecule has 0 heterocycles. The summed E-state index contributed by atoms with van der Waals surface area (Å²) in [4.78, 5) is 0. The van der Waals surface area contributed by atoms with Crippen molar-refractivity contribution in [3.05, 3.63) is 168 Å². The molecule has 6 rings (SSSR count). The number of hydrogen-bond acceptors (Lipinski definition) is 0. The third-order valence-corrected chi connectivity index (χ3v) is 35.4. The van der Waals surface area contributed by atoms with Gasteiger partial charge >= 0.3 is 113 Å². The SMILES string of the molecule is Cc1cc(-c2ccccc2)c(C)[cH-]1.Cc1cc(-c2ccccc2)c(C)[cH-]1.[Cl][Zr]([Cl])=[Ge]([c]1ccccc1)[c]1ccccc1. The number of halogens is 2. The van der Waals surface area contributed by atoms with Gasteiger partial charge in [0.1, 0.15) is 0 Å². The second-order valence-corrected chi connectivity index (χ2v) is 41.7. The van der Waals surface area contributed by atoms with E-state index in [1.807, 2.05) is 12.1 Å². The summed E-state index contributed by atoms with van der Waals surface area (Å²) in [7, 11) is 11.1. The first-order chi connectivity index (χ1) is 20.3. The van der Waals surface area contributed by atoms with Crippen LogP contribution in [0.4, 0.5) is 0 Å². The molecule has 212 valence electrons. The summed E-state index contributed by atoms with van der Waals surface area (Å²) in [6.45, 7) is 8.60. The molecule has 0 saturated heterocycles. The van der Waals surface area contributed by atoms with Crippen LogP contribution in [0.25, 0.3) is 22.3 Å². The van der Waals surface area contributed by atoms with Crippen LogP contribution in [0.5, 0.6) is 0 Å². The molecule has 0 amide bonds. The summed E-state index contributed by atoms with van der Waals surface area (Å²) in [6.07, 6.45) is 0. The van der Waals surface area contributed by atoms with Gasteiger partial charge in [-0.05, 0) is 0 Å². The van der Waals surface area contributed by atoms with E-state index < -0.39 is 26.2 Å². The van der Waals surface area contributed by atoms with E-state index in [-0.39, 0.29) is 0 Å². The topological polar surface area (TPSA) is 0 Å². The molecular weight excluding hydrogens is 691 g/mol. The van der Waals surface area contributed by atoms with Crippen molar-refractivity contribution in [1.82, 2.24) is 0 Å². The van der Waals surface area contributed by atoms with Crippen LogP contribution in [0.3, 0.4) is 0 Å². The fourth-order valence-electron chi connectivity index (χ4n) is 5.06. The molecule has 0 saturated carbocycles. The van der Waals surface area contributed by atoms with Crippen molar-refractivity contribution in [1.29, 1.82) is 0 Å². The van der Waals surface area contributed by atoms with E-state index in [9.17, 15) is 0 Å². The van der Waals surface area contributed by atoms with Gasteiger partial charge in [-0.3, -0.25) is 0 Å². The molecule has 0 nitrogen and oxygen atoms in total. The summed E-state index contributed by atoms with van der Waals surface area (Å²) in [5, 5.41) is 0. The predicted molar refractivity (Wildman–Crippen MR) is 184 cm³/mol. The van der Waals surface area contributed by atoms with Gasteiger partial charge in [0.2, 0.25) is 0 Å². The van der Waals surface area contributed by atoms with Crippen LogP contribution in [0.2, 0.25) is 0 Å². The molecule has 4 heteroatoms. The average molecular weight is 727 g/mol. The fourth-order valence-corrected chi connectivity index (χ4v) is 32.1. The quantitative estimate of drug-likeness (QED) is 0.125. The molecule has 0 spiro atoms. The normalized spacial score (nSPS) is 10.1. The van der Waals surface area contributed by atoms with E-state index in [1.54, 1.807) is 0 Å². The minimum absolute atomic E-state index is 1.31. The van der Waals surface area contributed by atoms with Crippen molar-refractivity contribution in [2.45, 2.75) is 27.7 Å². The number of benzene rings is 4. The van der Waals surface area contributed by atoms with Crippen molar-refractivity contribution >= 4 is 35.8 Å². The van der Waals surface area contributed by atoms with Crippen LogP contribution in [0, 0.1) is 27.7 Å². The van der Waals surface area contributed by atoms with E-state index in [2.05, 4.69) is 161 Å². The maximum absolute atomic E-state index is 6.35. The molecular formula is C38H36Cl2GeZr-2. The summed E-state index contributed by atoms with van der Waals surface area (Å²) >= 11 is -2.19. The van der Waals surface area contributed by atoms with Crippen LogP contribution in [-0.2, 0) is 16.2 Å². The third-order valence-electron chi connectivity index (χ3n) is 6.97. The molecule has 0 N–H and O–H groups in total. The van der Waals surface area contributed by atoms with Crippen molar-refractivity contribution < 1.29 is 16.2 Å². The molecule has 0 aliphatic rings. The summed E-state index contributed by atoms with van der Waals surface area (Å²) in [5.74, 6) is 0. The minimum atomic E-state index is -2.19. The zero-order chi connectivity index (χ0) is 29.9. The predicted octanol–water partition coefficient (Wildman–Crippen LogP) is 10.1. The van der Waals surface area contributed by atoms with E-state index in [1.165, 1.54) is 53.3 Å². The van der Waals surface area contributed by atoms with Gasteiger partial charge in [0.15, 0.2) is 0 Å². The molecule has 0 atom stereocenters. The van der Waals surface area contributed by atoms with Crippen LogP contribution in [-0.4, -0.2) is 9.98 Å². The third kappa shape index (κ3) is 9.29. The molecule has 0 aliphatic heterocycles. The van der Waals surface area contributed by atoms with Crippen molar-refractivity contribution in [2.75, 3.05) is 0 Å². The van der Waals surface area contributed by atoms with Gasteiger partial charge in [-0.25, -0.2) is 12.1 Å². The molecule has 0 aromatic heterocycles. The van der Waals surface area contributed by atoms with E-state index in [0.29, 0.717) is 0 Å². The molecule has 0 radical (unpaired) electrons. The average Bonchev–Trinajstić information content (AvgIpc) is 3.54. The zero-order valence-electron chi connectivity index (χ0n) is 24.6. The maximum atomic E-state index is 6.35. The first-order valence-electron chi connectivity index (χ1n) is 14.1. The van der Waals surface area contributed by atoms with Crippen LogP contribution in [0.15, 0.2) is 146 Å². The monoisotopic (exact) mass is 726 g/mol. The number of aryl methyl sites for hydroxylation is 4. The van der Waals surface area contributed by atoms with Gasteiger partial charge in [0, 0.05) is 0 Å². The molecule has 0 fully saturated rings. The van der Waals surface area contributed by atoms with Gasteiger partial charge in [0.05, 0.1) is 0 Å². The van der Waals surface area contributed by atoms with E-state index >= 15 is 0 Å². The Bertz CT molecular complexity index is 1570. The van der Waals surface area contributed by atoms with Crippen LogP contribution < -0.4 is 8.79 Å². The zero-order valence-corrected chi connectivity index (χ0v) is 30.7. The molecule has 6 aromatic carbocycles. The fraction of sp³-hybridized carbons (Fsp3) is 0.105. The van der Waals surface area contributed by atoms with E-state index in [0.717, 1.165) is 0 Å². The van der Waals surface area contributed by atoms with Crippen molar-refractivity contribution in [3.8, 4) is 22.3 Å². The Morgan fingerprint density at radius 2 is 0.786 bits per heavy atom. The Labute approximate surface area is 267 Å². The van der Waals surface area contributed by atoms with Gasteiger partial charge < -0.3 is 0 Å². The summed E-state index contributed by atoms with van der Waals surface area (Å²) in [6, 6.07) is 51.0. The van der Waals surface area contributed by atoms with Gasteiger partial charge in [-0.1, -0.05) is 99.5 Å². The Morgan fingerprint density at radius 1 is 0.476 bits per heavy atom. The standard InChI is InChI=1S/2C13H13.C12H10Ge.2ClH.Zr/c2*1-10-8-11(2)13(9-10)12-6-4-3-5-7-12;1-3-7-11(8-4-1)13-12-9-5-2-6-10-12;;;/h2*3-9H,1-2H3;1-10H;2*1H;/q2*-1;;;;+2/p-2. The number of hydrogen-bond donors (Lipinski definition) is 0. The molecule has 0 bridgehead atoms. The Morgan fingerprint density at radius 3 is 1.05 bits per heavy atom. The van der Waals surface area contributed by atoms with Crippen LogP contribution in [0.1, 0.15) is 22.3 Å². The van der Waals surface area contributed by atoms with Gasteiger partial charge in [0.25, 0.3) is 0 Å². The van der Waals surface area contributed by atoms with Crippen molar-refractivity contribution in [3.63, 3.8) is 0 Å². The molecule has 42 heavy (non-hydrogen) atoms. The Kier molecular flexibility index (Phi) is 12.7. The van der Waals surface area contributed by atoms with Gasteiger partial charge in [-0.2, -0.15) is 45.5 Å². The second-order valence-electron chi connectivity index (χ2n) is 10.4. The molecule has 0 aliphatic carbocycles. The van der Waals surface area contributed by atoms with E-state index in [4.69, 9.17) is 17.0 Å². The second kappa shape index (κ2) is 16.4. The summed E-state index contributed by atoms with van der Waals surface area (Å²) in [5.41, 5.74) is 10.8. The van der Waals surface area contributed by atoms with Crippen LogP contribution >= 0.6 is 17.0 Å². The Balaban J connectivity index is 0.000000146. The first kappa shape index (κ1) is 32.5. The Hall–Kier alpha value is -2.41. The number of rotatable bonds is 4. The van der Waals surface area contributed by atoms with Gasteiger partial charge in [-0.15, -0.1) is 0 Å². The molecule has 0 unspecified atom stereocenters. The molecule has 6 aromatic rings.